The Kier molecular flexibility index (Phi) is 6.26. The molecule has 0 saturated carbocycles. The van der Waals surface area contributed by atoms with E-state index in [0.717, 1.165) is 11.1 Å². The van der Waals surface area contributed by atoms with Gasteiger partial charge in [0.05, 0.1) is 0 Å². The summed E-state index contributed by atoms with van der Waals surface area (Å²) in [7, 11) is 0. The highest BCUT2D eigenvalue weighted by atomic mass is 35.5. The first kappa shape index (κ1) is 21.6. The fraction of sp³-hybridized carbons (Fsp3) is 0. The number of halogens is 2. The molecule has 0 amide bonds. The first-order chi connectivity index (χ1) is 15.4. The maximum absolute atomic E-state index is 13.2. The number of phenolic OH excluding ortho intramolecular Hbond substituents is 1. The van der Waals surface area contributed by atoms with E-state index < -0.39 is 11.2 Å². The predicted molar refractivity (Wildman–Crippen MR) is 129 cm³/mol. The van der Waals surface area contributed by atoms with Gasteiger partial charge in [-0.15, -0.1) is 0 Å². The molecule has 1 aromatic heterocycles. The van der Waals surface area contributed by atoms with Crippen molar-refractivity contribution in [2.75, 3.05) is 0 Å². The van der Waals surface area contributed by atoms with Crippen LogP contribution >= 0.6 is 23.2 Å². The predicted octanol–water partition coefficient (Wildman–Crippen LogP) is 6.87. The number of carbonyl (C=O) groups excluding carboxylic acids is 1. The summed E-state index contributed by atoms with van der Waals surface area (Å²) in [6.07, 6.45) is 6.14. The van der Waals surface area contributed by atoms with Crippen molar-refractivity contribution in [3.8, 4) is 5.75 Å². The number of hydrogen-bond acceptors (Lipinski definition) is 4. The van der Waals surface area contributed by atoms with Gasteiger partial charge >= 0.3 is 0 Å². The van der Waals surface area contributed by atoms with Crippen LogP contribution in [-0.4, -0.2) is 10.9 Å². The van der Waals surface area contributed by atoms with Gasteiger partial charge in [0, 0.05) is 10.0 Å². The number of allylic oxidation sites excluding steroid dienone is 1. The van der Waals surface area contributed by atoms with E-state index in [9.17, 15) is 14.7 Å². The van der Waals surface area contributed by atoms with Crippen LogP contribution in [0.1, 0.15) is 27.2 Å². The molecule has 3 aromatic carbocycles. The van der Waals surface area contributed by atoms with E-state index in [4.69, 9.17) is 27.6 Å². The Morgan fingerprint density at radius 1 is 0.812 bits per heavy atom. The van der Waals surface area contributed by atoms with Gasteiger partial charge in [0.15, 0.2) is 5.78 Å². The van der Waals surface area contributed by atoms with E-state index in [-0.39, 0.29) is 28.0 Å². The minimum absolute atomic E-state index is 0.0422. The Morgan fingerprint density at radius 2 is 1.41 bits per heavy atom. The number of phenols is 1. The van der Waals surface area contributed by atoms with Crippen LogP contribution in [-0.2, 0) is 0 Å². The van der Waals surface area contributed by atoms with Gasteiger partial charge < -0.3 is 9.52 Å². The van der Waals surface area contributed by atoms with Gasteiger partial charge in [-0.25, -0.2) is 0 Å². The van der Waals surface area contributed by atoms with Crippen molar-refractivity contribution in [3.63, 3.8) is 0 Å². The zero-order valence-corrected chi connectivity index (χ0v) is 18.1. The van der Waals surface area contributed by atoms with E-state index in [0.29, 0.717) is 10.0 Å². The van der Waals surface area contributed by atoms with Crippen molar-refractivity contribution in [1.82, 2.24) is 0 Å². The second-order valence-electron chi connectivity index (χ2n) is 6.95. The number of carbonyl (C=O) groups is 1. The van der Waals surface area contributed by atoms with Crippen molar-refractivity contribution < 1.29 is 14.3 Å². The lowest BCUT2D eigenvalue weighted by Crippen LogP contribution is -2.16. The van der Waals surface area contributed by atoms with Crippen LogP contribution in [0.5, 0.6) is 5.75 Å². The molecule has 0 aliphatic rings. The lowest BCUT2D eigenvalue weighted by Gasteiger charge is -2.06. The SMILES string of the molecule is O=C(/C=C/c1ccc(Cl)cc1)c1c(/C=C/c2ccc(Cl)cc2)oc2cccc(O)c2c1=O. The molecule has 0 aliphatic carbocycles. The quantitative estimate of drug-likeness (QED) is 0.259. The number of rotatable bonds is 5. The lowest BCUT2D eigenvalue weighted by atomic mass is 10.0. The summed E-state index contributed by atoms with van der Waals surface area (Å²) >= 11 is 11.8. The summed E-state index contributed by atoms with van der Waals surface area (Å²) in [5.74, 6) is -0.705. The highest BCUT2D eigenvalue weighted by molar-refractivity contribution is 6.30. The average Bonchev–Trinajstić information content (AvgIpc) is 2.78. The minimum atomic E-state index is -0.606. The second kappa shape index (κ2) is 9.27. The third kappa shape index (κ3) is 4.67. The zero-order chi connectivity index (χ0) is 22.7. The first-order valence-corrected chi connectivity index (χ1v) is 10.4. The molecule has 4 nitrogen and oxygen atoms in total. The van der Waals surface area contributed by atoms with Crippen molar-refractivity contribution in [1.29, 1.82) is 0 Å². The largest absolute Gasteiger partial charge is 0.507 e. The fourth-order valence-electron chi connectivity index (χ4n) is 3.16. The Labute approximate surface area is 193 Å². The summed E-state index contributed by atoms with van der Waals surface area (Å²) in [4.78, 5) is 26.2. The van der Waals surface area contributed by atoms with Crippen molar-refractivity contribution in [3.05, 3.63) is 116 Å². The van der Waals surface area contributed by atoms with E-state index >= 15 is 0 Å². The molecule has 32 heavy (non-hydrogen) atoms. The molecule has 158 valence electrons. The molecule has 6 heteroatoms. The molecular weight excluding hydrogens is 447 g/mol. The lowest BCUT2D eigenvalue weighted by molar-refractivity contribution is 0.104. The molecular formula is C26H16Cl2O4. The highest BCUT2D eigenvalue weighted by Crippen LogP contribution is 2.25. The standard InChI is InChI=1S/C26H16Cl2O4/c27-18-10-4-16(5-11-18)8-14-21(30)25-23(15-9-17-6-12-19(28)13-7-17)32-22-3-1-2-20(29)24(22)26(25)31/h1-15,29H/b14-8+,15-9+. The number of aromatic hydroxyl groups is 1. The van der Waals surface area contributed by atoms with Gasteiger partial charge in [-0.2, -0.15) is 0 Å². The Morgan fingerprint density at radius 3 is 2.03 bits per heavy atom. The summed E-state index contributed by atoms with van der Waals surface area (Å²) < 4.78 is 5.84. The maximum Gasteiger partial charge on any atom is 0.208 e. The third-order valence-electron chi connectivity index (χ3n) is 4.77. The van der Waals surface area contributed by atoms with Gasteiger partial charge in [0.2, 0.25) is 5.43 Å². The van der Waals surface area contributed by atoms with Crippen LogP contribution in [0.25, 0.3) is 29.2 Å². The molecule has 1 N–H and O–H groups in total. The van der Waals surface area contributed by atoms with Crippen LogP contribution in [0.2, 0.25) is 10.0 Å². The molecule has 0 saturated heterocycles. The second-order valence-corrected chi connectivity index (χ2v) is 7.83. The Balaban J connectivity index is 1.81. The monoisotopic (exact) mass is 462 g/mol. The molecule has 0 atom stereocenters. The highest BCUT2D eigenvalue weighted by Gasteiger charge is 2.20. The summed E-state index contributed by atoms with van der Waals surface area (Å²) in [5.41, 5.74) is 0.960. The van der Waals surface area contributed by atoms with Crippen LogP contribution in [0, 0.1) is 0 Å². The molecule has 4 aromatic rings. The van der Waals surface area contributed by atoms with E-state index in [1.807, 2.05) is 0 Å². The van der Waals surface area contributed by atoms with E-state index in [1.54, 1.807) is 78.9 Å². The molecule has 1 heterocycles. The van der Waals surface area contributed by atoms with Gasteiger partial charge in [-0.1, -0.05) is 65.7 Å². The van der Waals surface area contributed by atoms with Gasteiger partial charge in [-0.3, -0.25) is 9.59 Å². The molecule has 0 radical (unpaired) electrons. The topological polar surface area (TPSA) is 67.5 Å². The number of hydrogen-bond donors (Lipinski definition) is 1. The van der Waals surface area contributed by atoms with Gasteiger partial charge in [0.1, 0.15) is 28.0 Å². The van der Waals surface area contributed by atoms with Crippen molar-refractivity contribution in [2.24, 2.45) is 0 Å². The van der Waals surface area contributed by atoms with Crippen molar-refractivity contribution >= 4 is 58.2 Å². The smallest absolute Gasteiger partial charge is 0.208 e. The van der Waals surface area contributed by atoms with Crippen LogP contribution in [0.3, 0.4) is 0 Å². The Bertz CT molecular complexity index is 1410. The summed E-state index contributed by atoms with van der Waals surface area (Å²) in [6, 6.07) is 18.5. The van der Waals surface area contributed by atoms with Crippen molar-refractivity contribution in [2.45, 2.75) is 0 Å². The van der Waals surface area contributed by atoms with E-state index in [2.05, 4.69) is 0 Å². The summed E-state index contributed by atoms with van der Waals surface area (Å²) in [6.45, 7) is 0. The molecule has 0 spiro atoms. The van der Waals surface area contributed by atoms with Crippen LogP contribution in [0.4, 0.5) is 0 Å². The molecule has 0 unspecified atom stereocenters. The van der Waals surface area contributed by atoms with Gasteiger partial charge in [-0.05, 0) is 59.7 Å². The van der Waals surface area contributed by atoms with E-state index in [1.165, 1.54) is 12.1 Å². The number of ketones is 1. The normalized spacial score (nSPS) is 11.6. The molecule has 0 fully saturated rings. The fourth-order valence-corrected chi connectivity index (χ4v) is 3.42. The molecule has 0 bridgehead atoms. The zero-order valence-electron chi connectivity index (χ0n) is 16.6. The maximum atomic E-state index is 13.2. The summed E-state index contributed by atoms with van der Waals surface area (Å²) in [5, 5.41) is 11.3. The minimum Gasteiger partial charge on any atom is -0.507 e. The number of benzene rings is 3. The number of fused-ring (bicyclic) bond motifs is 1. The first-order valence-electron chi connectivity index (χ1n) is 9.63. The third-order valence-corrected chi connectivity index (χ3v) is 5.27. The van der Waals surface area contributed by atoms with Crippen LogP contribution < -0.4 is 5.43 Å². The Hall–Kier alpha value is -3.60. The van der Waals surface area contributed by atoms with Crippen LogP contribution in [0.15, 0.2) is 82.0 Å². The van der Waals surface area contributed by atoms with Gasteiger partial charge in [0.25, 0.3) is 0 Å². The molecule has 0 aliphatic heterocycles. The molecule has 4 rings (SSSR count). The average molecular weight is 463 g/mol.